The van der Waals surface area contributed by atoms with Crippen molar-refractivity contribution < 1.29 is 0 Å². The summed E-state index contributed by atoms with van der Waals surface area (Å²) >= 11 is 7.87. The van der Waals surface area contributed by atoms with Crippen molar-refractivity contribution in [3.8, 4) is 0 Å². The Balaban J connectivity index is 0.00000420. The zero-order chi connectivity index (χ0) is 20.4. The molecule has 0 radical (unpaired) electrons. The van der Waals surface area contributed by atoms with Crippen LogP contribution in [0.5, 0.6) is 0 Å². The second-order valence-corrected chi connectivity index (χ2v) is 8.10. The van der Waals surface area contributed by atoms with E-state index in [2.05, 4.69) is 51.2 Å². The van der Waals surface area contributed by atoms with Crippen LogP contribution >= 0.6 is 47.3 Å². The standard InChI is InChI=1S/C20H31ClN6S.HI/c1-5-22-19(24-13-16-9-6-7-10-17(16)21)23-12-8-11-18-25-26-20(28-4)27(18)14-15(2)3;/h6-7,9-10,15H,5,8,11-14H2,1-4H3,(H2,22,23,24);1H. The number of nitrogens with zero attached hydrogens (tertiary/aromatic N) is 4. The van der Waals surface area contributed by atoms with Crippen molar-refractivity contribution >= 4 is 53.3 Å². The van der Waals surface area contributed by atoms with Gasteiger partial charge in [0, 0.05) is 31.1 Å². The largest absolute Gasteiger partial charge is 0.357 e. The fraction of sp³-hybridized carbons (Fsp3) is 0.550. The first-order chi connectivity index (χ1) is 13.5. The number of aromatic nitrogens is 3. The third-order valence-electron chi connectivity index (χ3n) is 4.10. The Kier molecular flexibility index (Phi) is 12.6. The van der Waals surface area contributed by atoms with Crippen LogP contribution in [0.15, 0.2) is 34.4 Å². The highest BCUT2D eigenvalue weighted by Gasteiger charge is 2.12. The monoisotopic (exact) mass is 550 g/mol. The molecule has 1 aromatic heterocycles. The highest BCUT2D eigenvalue weighted by molar-refractivity contribution is 14.0. The van der Waals surface area contributed by atoms with E-state index in [-0.39, 0.29) is 24.0 Å². The van der Waals surface area contributed by atoms with E-state index in [1.165, 1.54) is 0 Å². The molecule has 2 N–H and O–H groups in total. The van der Waals surface area contributed by atoms with Gasteiger partial charge in [-0.3, -0.25) is 0 Å². The van der Waals surface area contributed by atoms with Crippen LogP contribution in [0.4, 0.5) is 0 Å². The molecule has 0 aliphatic rings. The molecule has 6 nitrogen and oxygen atoms in total. The summed E-state index contributed by atoms with van der Waals surface area (Å²) in [4.78, 5) is 4.64. The lowest BCUT2D eigenvalue weighted by atomic mass is 10.2. The molecule has 0 unspecified atom stereocenters. The number of rotatable bonds is 10. The van der Waals surface area contributed by atoms with Crippen molar-refractivity contribution in [3.63, 3.8) is 0 Å². The van der Waals surface area contributed by atoms with Crippen molar-refractivity contribution in [1.82, 2.24) is 25.4 Å². The fourth-order valence-corrected chi connectivity index (χ4v) is 3.51. The second-order valence-electron chi connectivity index (χ2n) is 6.92. The predicted octanol–water partition coefficient (Wildman–Crippen LogP) is 4.62. The fourth-order valence-electron chi connectivity index (χ4n) is 2.79. The molecule has 0 aliphatic carbocycles. The maximum Gasteiger partial charge on any atom is 0.191 e. The molecule has 0 amide bonds. The van der Waals surface area contributed by atoms with Gasteiger partial charge in [-0.05, 0) is 37.1 Å². The van der Waals surface area contributed by atoms with Crippen LogP contribution in [0.2, 0.25) is 5.02 Å². The van der Waals surface area contributed by atoms with Gasteiger partial charge in [-0.1, -0.05) is 55.4 Å². The molecule has 1 heterocycles. The summed E-state index contributed by atoms with van der Waals surface area (Å²) < 4.78 is 2.24. The summed E-state index contributed by atoms with van der Waals surface area (Å²) in [5.74, 6) is 2.42. The van der Waals surface area contributed by atoms with Crippen LogP contribution < -0.4 is 10.6 Å². The van der Waals surface area contributed by atoms with Crippen molar-refractivity contribution in [2.24, 2.45) is 10.9 Å². The van der Waals surface area contributed by atoms with Crippen LogP contribution in [-0.2, 0) is 19.5 Å². The van der Waals surface area contributed by atoms with Crippen LogP contribution in [0, 0.1) is 5.92 Å². The van der Waals surface area contributed by atoms with Gasteiger partial charge >= 0.3 is 0 Å². The van der Waals surface area contributed by atoms with Gasteiger partial charge in [-0.2, -0.15) is 0 Å². The molecule has 0 spiro atoms. The topological polar surface area (TPSA) is 67.1 Å². The van der Waals surface area contributed by atoms with Gasteiger partial charge in [0.15, 0.2) is 11.1 Å². The average molecular weight is 551 g/mol. The van der Waals surface area contributed by atoms with E-state index in [0.717, 1.165) is 60.0 Å². The van der Waals surface area contributed by atoms with E-state index in [0.29, 0.717) is 12.5 Å². The number of nitrogens with one attached hydrogen (secondary N) is 2. The molecule has 0 aliphatic heterocycles. The number of aryl methyl sites for hydroxylation is 1. The normalized spacial score (nSPS) is 11.4. The van der Waals surface area contributed by atoms with Gasteiger partial charge in [0.25, 0.3) is 0 Å². The highest BCUT2D eigenvalue weighted by atomic mass is 127. The highest BCUT2D eigenvalue weighted by Crippen LogP contribution is 2.17. The van der Waals surface area contributed by atoms with Crippen molar-refractivity contribution in [2.75, 3.05) is 19.3 Å². The van der Waals surface area contributed by atoms with E-state index in [1.807, 2.05) is 30.5 Å². The molecule has 29 heavy (non-hydrogen) atoms. The minimum absolute atomic E-state index is 0. The summed E-state index contributed by atoms with van der Waals surface area (Å²) in [5, 5.41) is 17.1. The number of hydrogen-bond donors (Lipinski definition) is 2. The van der Waals surface area contributed by atoms with E-state index in [9.17, 15) is 0 Å². The Hall–Kier alpha value is -1.000. The Bertz CT molecular complexity index is 765. The minimum atomic E-state index is 0. The van der Waals surface area contributed by atoms with Gasteiger partial charge in [0.1, 0.15) is 5.82 Å². The lowest BCUT2D eigenvalue weighted by Gasteiger charge is -2.13. The van der Waals surface area contributed by atoms with Crippen LogP contribution in [0.1, 0.15) is 38.6 Å². The maximum absolute atomic E-state index is 6.22. The zero-order valence-corrected chi connectivity index (χ0v) is 21.5. The zero-order valence-electron chi connectivity index (χ0n) is 17.6. The molecule has 1 aromatic carbocycles. The average Bonchev–Trinajstić information content (AvgIpc) is 3.05. The number of hydrogen-bond acceptors (Lipinski definition) is 4. The quantitative estimate of drug-likeness (QED) is 0.149. The first kappa shape index (κ1) is 26.0. The van der Waals surface area contributed by atoms with Gasteiger partial charge in [-0.15, -0.1) is 34.2 Å². The summed E-state index contributed by atoms with van der Waals surface area (Å²) in [6.07, 6.45) is 3.89. The van der Waals surface area contributed by atoms with E-state index in [4.69, 9.17) is 11.6 Å². The lowest BCUT2D eigenvalue weighted by molar-refractivity contribution is 0.477. The molecule has 0 fully saturated rings. The SMILES string of the molecule is CCNC(=NCc1ccccc1Cl)NCCCc1nnc(SC)n1CC(C)C.I. The molecule has 2 rings (SSSR count). The predicted molar refractivity (Wildman–Crippen MR) is 135 cm³/mol. The molecule has 162 valence electrons. The number of benzene rings is 1. The molecule has 0 saturated carbocycles. The number of aliphatic imine (C=N–C) groups is 1. The summed E-state index contributed by atoms with van der Waals surface area (Å²) in [6, 6.07) is 7.80. The van der Waals surface area contributed by atoms with Crippen molar-refractivity contribution in [1.29, 1.82) is 0 Å². The van der Waals surface area contributed by atoms with Crippen LogP contribution in [0.3, 0.4) is 0 Å². The molecular formula is C20H32ClIN6S. The number of halogens is 2. The van der Waals surface area contributed by atoms with Crippen molar-refractivity contribution in [2.45, 2.75) is 51.9 Å². The van der Waals surface area contributed by atoms with Gasteiger partial charge in [-0.25, -0.2) is 4.99 Å². The van der Waals surface area contributed by atoms with Gasteiger partial charge < -0.3 is 15.2 Å². The lowest BCUT2D eigenvalue weighted by Crippen LogP contribution is -2.37. The van der Waals surface area contributed by atoms with E-state index in [1.54, 1.807) is 11.8 Å². The Morgan fingerprint density at radius 3 is 2.66 bits per heavy atom. The summed E-state index contributed by atoms with van der Waals surface area (Å²) in [5.41, 5.74) is 1.02. The second kappa shape index (κ2) is 14.1. The third kappa shape index (κ3) is 8.72. The first-order valence-corrected chi connectivity index (χ1v) is 11.4. The summed E-state index contributed by atoms with van der Waals surface area (Å²) in [6.45, 7) is 9.63. The number of guanidine groups is 1. The smallest absolute Gasteiger partial charge is 0.191 e. The van der Waals surface area contributed by atoms with Crippen molar-refractivity contribution in [3.05, 3.63) is 40.7 Å². The molecular weight excluding hydrogens is 519 g/mol. The molecule has 0 saturated heterocycles. The van der Waals surface area contributed by atoms with E-state index < -0.39 is 0 Å². The van der Waals surface area contributed by atoms with Crippen LogP contribution in [-0.4, -0.2) is 40.1 Å². The number of thioether (sulfide) groups is 1. The van der Waals surface area contributed by atoms with Gasteiger partial charge in [0.05, 0.1) is 6.54 Å². The van der Waals surface area contributed by atoms with E-state index >= 15 is 0 Å². The Morgan fingerprint density at radius 1 is 1.24 bits per heavy atom. The molecule has 9 heteroatoms. The Morgan fingerprint density at radius 2 is 2.00 bits per heavy atom. The van der Waals surface area contributed by atoms with Crippen LogP contribution in [0.25, 0.3) is 0 Å². The minimum Gasteiger partial charge on any atom is -0.357 e. The van der Waals surface area contributed by atoms with Gasteiger partial charge in [0.2, 0.25) is 0 Å². The Labute approximate surface area is 200 Å². The molecule has 0 bridgehead atoms. The maximum atomic E-state index is 6.22. The molecule has 2 aromatic rings. The first-order valence-electron chi connectivity index (χ1n) is 9.76. The third-order valence-corrected chi connectivity index (χ3v) is 5.14. The summed E-state index contributed by atoms with van der Waals surface area (Å²) in [7, 11) is 0. The molecule has 0 atom stereocenters.